The normalized spacial score (nSPS) is 18.5. The molecule has 35 heavy (non-hydrogen) atoms. The first-order valence-electron chi connectivity index (χ1n) is 8.59. The van der Waals surface area contributed by atoms with E-state index in [1.807, 2.05) is 0 Å². The summed E-state index contributed by atoms with van der Waals surface area (Å²) in [4.78, 5) is 12.2. The highest BCUT2D eigenvalue weighted by atomic mass is 32.3. The first-order valence-corrected chi connectivity index (χ1v) is 13.4. The first kappa shape index (κ1) is 31.6. The number of hydrogen-bond donors (Lipinski definition) is 1. The lowest BCUT2D eigenvalue weighted by atomic mass is 10.3. The van der Waals surface area contributed by atoms with Crippen LogP contribution in [0.15, 0.2) is 0 Å². The summed E-state index contributed by atoms with van der Waals surface area (Å²) in [5.41, 5.74) is 0. The molecule has 0 aromatic rings. The van der Waals surface area contributed by atoms with Crippen LogP contribution >= 0.6 is 0 Å². The smallest absolute Gasteiger partial charge is 0.429 e. The van der Waals surface area contributed by atoms with Gasteiger partial charge in [-0.15, -0.1) is 4.13 Å². The van der Waals surface area contributed by atoms with E-state index in [4.69, 9.17) is 0 Å². The molecule has 0 saturated carbocycles. The Labute approximate surface area is 192 Å². The summed E-state index contributed by atoms with van der Waals surface area (Å²) >= 11 is 0. The Bertz CT molecular complexity index is 1120. The van der Waals surface area contributed by atoms with Crippen molar-refractivity contribution in [2.45, 2.75) is 22.6 Å². The van der Waals surface area contributed by atoms with E-state index < -0.39 is 102 Å². The molecule has 0 aliphatic carbocycles. The Morgan fingerprint density at radius 1 is 0.829 bits per heavy atom. The highest BCUT2D eigenvalue weighted by Crippen LogP contribution is 2.51. The second kappa shape index (κ2) is 9.79. The molecular weight excluding hydrogens is 581 g/mol. The molecule has 1 heterocycles. The molecule has 0 radical (unpaired) electrons. The quantitative estimate of drug-likeness (QED) is 0.266. The molecule has 1 fully saturated rings. The average Bonchev–Trinajstić information content (AvgIpc) is 2.63. The standard InChI is InChI=1S/C12H16F9N3O8S3/c1-33(26,27)22-34(28,29)11(18,19)10(16,17)12(20,21)35(30,31)24-4-2-23(3-5-24)6-8(25)32-7-9(13,14)15/h22H,2-7H2,1H3. The van der Waals surface area contributed by atoms with Crippen molar-refractivity contribution in [1.82, 2.24) is 13.3 Å². The second-order valence-corrected chi connectivity index (χ2v) is 12.6. The number of carbonyl (C=O) groups is 1. The predicted octanol–water partition coefficient (Wildman–Crippen LogP) is -0.261. The van der Waals surface area contributed by atoms with Crippen LogP contribution in [0.2, 0.25) is 0 Å². The van der Waals surface area contributed by atoms with Crippen molar-refractivity contribution in [3.8, 4) is 0 Å². The molecule has 0 aromatic heterocycles. The molecule has 0 bridgehead atoms. The van der Waals surface area contributed by atoms with Crippen LogP contribution < -0.4 is 4.13 Å². The van der Waals surface area contributed by atoms with Crippen molar-refractivity contribution in [3.63, 3.8) is 0 Å². The van der Waals surface area contributed by atoms with Gasteiger partial charge in [0, 0.05) is 26.2 Å². The minimum atomic E-state index is -7.20. The number of esters is 1. The van der Waals surface area contributed by atoms with Gasteiger partial charge in [0.05, 0.1) is 12.8 Å². The van der Waals surface area contributed by atoms with Crippen LogP contribution in [0.1, 0.15) is 0 Å². The Morgan fingerprint density at radius 3 is 1.69 bits per heavy atom. The first-order chi connectivity index (χ1) is 15.3. The molecule has 1 rings (SSSR count). The largest absolute Gasteiger partial charge is 0.455 e. The summed E-state index contributed by atoms with van der Waals surface area (Å²) in [6.45, 7) is -6.63. The Hall–Kier alpha value is -1.43. The van der Waals surface area contributed by atoms with Gasteiger partial charge in [-0.3, -0.25) is 9.69 Å². The Balaban J connectivity index is 3.06. The minimum Gasteiger partial charge on any atom is -0.455 e. The van der Waals surface area contributed by atoms with Crippen molar-refractivity contribution in [1.29, 1.82) is 0 Å². The zero-order chi connectivity index (χ0) is 27.9. The lowest BCUT2D eigenvalue weighted by Crippen LogP contribution is -2.66. The number of rotatable bonds is 10. The number of carbonyl (C=O) groups excluding carboxylic acids is 1. The highest BCUT2D eigenvalue weighted by Gasteiger charge is 2.82. The highest BCUT2D eigenvalue weighted by molar-refractivity contribution is 8.05. The molecule has 1 aliphatic rings. The number of halogens is 9. The molecule has 1 aliphatic heterocycles. The molecule has 0 amide bonds. The Kier molecular flexibility index (Phi) is 8.84. The van der Waals surface area contributed by atoms with Gasteiger partial charge in [-0.25, -0.2) is 25.3 Å². The maximum absolute atomic E-state index is 14.2. The van der Waals surface area contributed by atoms with Gasteiger partial charge in [0.25, 0.3) is 20.0 Å². The van der Waals surface area contributed by atoms with E-state index in [0.717, 1.165) is 4.90 Å². The van der Waals surface area contributed by atoms with E-state index in [2.05, 4.69) is 4.74 Å². The van der Waals surface area contributed by atoms with Crippen LogP contribution in [0.5, 0.6) is 0 Å². The third-order valence-electron chi connectivity index (χ3n) is 4.07. The maximum Gasteiger partial charge on any atom is 0.429 e. The summed E-state index contributed by atoms with van der Waals surface area (Å²) in [6, 6.07) is 0. The lowest BCUT2D eigenvalue weighted by Gasteiger charge is -2.38. The van der Waals surface area contributed by atoms with Crippen molar-refractivity contribution in [3.05, 3.63) is 0 Å². The molecule has 0 unspecified atom stereocenters. The number of piperazine rings is 1. The zero-order valence-corrected chi connectivity index (χ0v) is 19.5. The van der Waals surface area contributed by atoms with E-state index in [1.54, 1.807) is 0 Å². The van der Waals surface area contributed by atoms with Crippen LogP contribution in [0.4, 0.5) is 39.5 Å². The molecule has 1 N–H and O–H groups in total. The van der Waals surface area contributed by atoms with Crippen molar-refractivity contribution in [2.75, 3.05) is 45.6 Å². The molecule has 23 heteroatoms. The van der Waals surface area contributed by atoms with Gasteiger partial charge in [-0.1, -0.05) is 0 Å². The third-order valence-corrected chi connectivity index (χ3v) is 9.04. The van der Waals surface area contributed by atoms with Crippen LogP contribution in [0.3, 0.4) is 0 Å². The summed E-state index contributed by atoms with van der Waals surface area (Å²) in [6.07, 6.45) is -4.96. The number of nitrogens with zero attached hydrogens (tertiary/aromatic N) is 2. The second-order valence-electron chi connectivity index (χ2n) is 6.92. The topological polar surface area (TPSA) is 147 Å². The monoisotopic (exact) mass is 597 g/mol. The van der Waals surface area contributed by atoms with E-state index in [0.29, 0.717) is 0 Å². The van der Waals surface area contributed by atoms with Crippen molar-refractivity contribution >= 4 is 36.0 Å². The van der Waals surface area contributed by atoms with Gasteiger partial charge in [-0.2, -0.15) is 43.8 Å². The average molecular weight is 597 g/mol. The summed E-state index contributed by atoms with van der Waals surface area (Å²) in [5.74, 6) is -8.66. The van der Waals surface area contributed by atoms with Gasteiger partial charge in [0.2, 0.25) is 10.0 Å². The molecule has 0 aromatic carbocycles. The van der Waals surface area contributed by atoms with Crippen LogP contribution in [0, 0.1) is 0 Å². The van der Waals surface area contributed by atoms with Gasteiger partial charge in [0.15, 0.2) is 6.61 Å². The zero-order valence-electron chi connectivity index (χ0n) is 17.0. The lowest BCUT2D eigenvalue weighted by molar-refractivity contribution is -0.245. The predicted molar refractivity (Wildman–Crippen MR) is 95.7 cm³/mol. The van der Waals surface area contributed by atoms with Crippen molar-refractivity contribution in [2.24, 2.45) is 0 Å². The fourth-order valence-electron chi connectivity index (χ4n) is 2.43. The molecule has 0 atom stereocenters. The number of ether oxygens (including phenoxy) is 1. The van der Waals surface area contributed by atoms with Gasteiger partial charge in [-0.05, 0) is 0 Å². The van der Waals surface area contributed by atoms with Gasteiger partial charge in [0.1, 0.15) is 0 Å². The number of alkyl halides is 9. The van der Waals surface area contributed by atoms with Gasteiger partial charge < -0.3 is 4.74 Å². The van der Waals surface area contributed by atoms with Crippen LogP contribution in [-0.4, -0.2) is 109 Å². The minimum absolute atomic E-state index is 0.0403. The molecule has 208 valence electrons. The molecule has 0 spiro atoms. The van der Waals surface area contributed by atoms with E-state index >= 15 is 0 Å². The number of hydrogen-bond acceptors (Lipinski definition) is 9. The molecular formula is C12H16F9N3O8S3. The fourth-order valence-corrected chi connectivity index (χ4v) is 6.40. The van der Waals surface area contributed by atoms with E-state index in [1.165, 1.54) is 0 Å². The van der Waals surface area contributed by atoms with E-state index in [-0.39, 0.29) is 10.4 Å². The summed E-state index contributed by atoms with van der Waals surface area (Å²) in [7, 11) is -19.1. The molecule has 1 saturated heterocycles. The summed E-state index contributed by atoms with van der Waals surface area (Å²) < 4.78 is 192. The van der Waals surface area contributed by atoms with E-state index in [9.17, 15) is 69.6 Å². The maximum atomic E-state index is 14.2. The fraction of sp³-hybridized carbons (Fsp3) is 0.917. The number of sulfonamides is 3. The molecule has 11 nitrogen and oxygen atoms in total. The van der Waals surface area contributed by atoms with Crippen LogP contribution in [0.25, 0.3) is 0 Å². The number of nitrogens with one attached hydrogen (secondary N) is 1. The third kappa shape index (κ3) is 6.87. The summed E-state index contributed by atoms with van der Waals surface area (Å²) in [5, 5.41) is -13.8. The van der Waals surface area contributed by atoms with Crippen molar-refractivity contribution < 1.29 is 74.3 Å². The van der Waals surface area contributed by atoms with Gasteiger partial charge >= 0.3 is 28.6 Å². The van der Waals surface area contributed by atoms with Crippen LogP contribution in [-0.2, 0) is 39.6 Å². The Morgan fingerprint density at radius 2 is 1.29 bits per heavy atom. The SMILES string of the molecule is CS(=O)(=O)NS(=O)(=O)C(F)(F)C(F)(F)C(F)(F)S(=O)(=O)N1CCN(CC(=O)OCC(F)(F)F)CC1.